The second kappa shape index (κ2) is 6.06. The zero-order chi connectivity index (χ0) is 16.6. The van der Waals surface area contributed by atoms with Gasteiger partial charge in [0.15, 0.2) is 0 Å². The summed E-state index contributed by atoms with van der Waals surface area (Å²) >= 11 is 0. The van der Waals surface area contributed by atoms with Gasteiger partial charge in [0.1, 0.15) is 0 Å². The van der Waals surface area contributed by atoms with Crippen molar-refractivity contribution < 1.29 is 19.4 Å². The number of hydrogen-bond donors (Lipinski definition) is 1. The smallest absolute Gasteiger partial charge is 0.240 e. The van der Waals surface area contributed by atoms with E-state index in [2.05, 4.69) is 0 Å². The molecule has 1 fully saturated rings. The van der Waals surface area contributed by atoms with Crippen LogP contribution in [0.1, 0.15) is 37.8 Å². The minimum atomic E-state index is -0.850. The van der Waals surface area contributed by atoms with Crippen molar-refractivity contribution in [1.82, 2.24) is 4.90 Å². The fourth-order valence-electron chi connectivity index (χ4n) is 3.65. The third-order valence-corrected chi connectivity index (χ3v) is 4.78. The molecule has 124 valence electrons. The first-order valence-corrected chi connectivity index (χ1v) is 8.17. The maximum atomic E-state index is 12.9. The first-order chi connectivity index (χ1) is 10.9. The lowest BCUT2D eigenvalue weighted by Gasteiger charge is -2.24. The van der Waals surface area contributed by atoms with Gasteiger partial charge in [-0.3, -0.25) is 14.5 Å². The van der Waals surface area contributed by atoms with E-state index in [1.165, 1.54) is 4.90 Å². The molecule has 1 aliphatic carbocycles. The van der Waals surface area contributed by atoms with Gasteiger partial charge in [0.05, 0.1) is 30.8 Å². The molecular formula is C18H23NO4. The first-order valence-electron chi connectivity index (χ1n) is 8.17. The van der Waals surface area contributed by atoms with Gasteiger partial charge in [-0.1, -0.05) is 24.3 Å². The molecule has 2 amide bonds. The number of aliphatic hydroxyl groups is 1. The molecule has 5 nitrogen and oxygen atoms in total. The highest BCUT2D eigenvalue weighted by Crippen LogP contribution is 2.46. The number of benzene rings is 1. The molecular weight excluding hydrogens is 294 g/mol. The van der Waals surface area contributed by atoms with Crippen LogP contribution in [0.25, 0.3) is 0 Å². The molecule has 0 aromatic heterocycles. The Bertz CT molecular complexity index is 627. The van der Waals surface area contributed by atoms with Gasteiger partial charge in [0.2, 0.25) is 11.8 Å². The summed E-state index contributed by atoms with van der Waals surface area (Å²) in [5, 5.41) is 10.0. The maximum absolute atomic E-state index is 12.9. The minimum Gasteiger partial charge on any atom is -0.389 e. The van der Waals surface area contributed by atoms with Crippen LogP contribution in [-0.2, 0) is 26.2 Å². The third-order valence-electron chi connectivity index (χ3n) is 4.78. The van der Waals surface area contributed by atoms with E-state index in [9.17, 15) is 14.7 Å². The number of aliphatic hydroxyl groups excluding tert-OH is 1. The number of β-amino-alcohol motifs (C(OH)–C–C–N with tert-alkyl or cyclic N) is 1. The summed E-state index contributed by atoms with van der Waals surface area (Å²) in [6.45, 7) is 3.89. The number of ether oxygens (including phenoxy) is 1. The van der Waals surface area contributed by atoms with E-state index in [1.54, 1.807) is 0 Å². The van der Waals surface area contributed by atoms with Gasteiger partial charge in [-0.25, -0.2) is 0 Å². The van der Waals surface area contributed by atoms with E-state index in [0.29, 0.717) is 6.42 Å². The number of amides is 2. The van der Waals surface area contributed by atoms with Gasteiger partial charge in [-0.2, -0.15) is 0 Å². The Balaban J connectivity index is 1.76. The predicted octanol–water partition coefficient (Wildman–Crippen LogP) is 1.42. The largest absolute Gasteiger partial charge is 0.389 e. The average molecular weight is 317 g/mol. The summed E-state index contributed by atoms with van der Waals surface area (Å²) in [5.74, 6) is -0.369. The first kappa shape index (κ1) is 16.1. The van der Waals surface area contributed by atoms with Crippen LogP contribution in [0.3, 0.4) is 0 Å². The molecule has 23 heavy (non-hydrogen) atoms. The van der Waals surface area contributed by atoms with E-state index < -0.39 is 11.5 Å². The lowest BCUT2D eigenvalue weighted by molar-refractivity contribution is -0.142. The van der Waals surface area contributed by atoms with Crippen LogP contribution in [0.15, 0.2) is 24.3 Å². The number of likely N-dealkylation sites (tertiary alicyclic amines) is 1. The Morgan fingerprint density at radius 1 is 1.30 bits per heavy atom. The molecule has 0 bridgehead atoms. The summed E-state index contributed by atoms with van der Waals surface area (Å²) in [4.78, 5) is 26.5. The van der Waals surface area contributed by atoms with E-state index in [4.69, 9.17) is 4.74 Å². The topological polar surface area (TPSA) is 66.8 Å². The number of aryl methyl sites for hydroxylation is 1. The third kappa shape index (κ3) is 2.79. The Kier molecular flexibility index (Phi) is 4.25. The van der Waals surface area contributed by atoms with Crippen LogP contribution in [-0.4, -0.2) is 47.2 Å². The Morgan fingerprint density at radius 3 is 2.78 bits per heavy atom. The lowest BCUT2D eigenvalue weighted by Crippen LogP contribution is -2.42. The van der Waals surface area contributed by atoms with Crippen LogP contribution in [0.2, 0.25) is 0 Å². The monoisotopic (exact) mass is 317 g/mol. The SMILES string of the molecule is CC(C)OC[C@H](O)CN1C(=O)C[C@@]2(CCc3ccccc32)C1=O. The zero-order valence-electron chi connectivity index (χ0n) is 13.6. The molecule has 1 heterocycles. The fraction of sp³-hybridized carbons (Fsp3) is 0.556. The Labute approximate surface area is 136 Å². The van der Waals surface area contributed by atoms with Crippen LogP contribution in [0, 0.1) is 0 Å². The molecule has 0 saturated carbocycles. The van der Waals surface area contributed by atoms with Gasteiger partial charge in [-0.05, 0) is 37.8 Å². The summed E-state index contributed by atoms with van der Waals surface area (Å²) in [5.41, 5.74) is 1.42. The number of imide groups is 1. The van der Waals surface area contributed by atoms with Crippen molar-refractivity contribution >= 4 is 11.8 Å². The van der Waals surface area contributed by atoms with Crippen molar-refractivity contribution in [3.63, 3.8) is 0 Å². The van der Waals surface area contributed by atoms with E-state index in [0.717, 1.165) is 17.5 Å². The molecule has 3 rings (SSSR count). The summed E-state index contributed by atoms with van der Waals surface area (Å²) in [7, 11) is 0. The van der Waals surface area contributed by atoms with Crippen molar-refractivity contribution in [2.45, 2.75) is 50.7 Å². The van der Waals surface area contributed by atoms with Gasteiger partial charge in [-0.15, -0.1) is 0 Å². The van der Waals surface area contributed by atoms with Crippen molar-refractivity contribution in [2.75, 3.05) is 13.2 Å². The highest BCUT2D eigenvalue weighted by atomic mass is 16.5. The molecule has 5 heteroatoms. The number of fused-ring (bicyclic) bond motifs is 2. The molecule has 0 unspecified atom stereocenters. The molecule has 1 saturated heterocycles. The van der Waals surface area contributed by atoms with Gasteiger partial charge in [0, 0.05) is 6.42 Å². The van der Waals surface area contributed by atoms with Crippen molar-refractivity contribution in [1.29, 1.82) is 0 Å². The molecule has 1 spiro atoms. The highest BCUT2D eigenvalue weighted by Gasteiger charge is 2.55. The second-order valence-electron chi connectivity index (χ2n) is 6.76. The molecule has 1 aromatic carbocycles. The quantitative estimate of drug-likeness (QED) is 0.834. The van der Waals surface area contributed by atoms with E-state index in [-0.39, 0.29) is 37.5 Å². The molecule has 2 aliphatic rings. The number of nitrogens with zero attached hydrogens (tertiary/aromatic N) is 1. The number of rotatable bonds is 5. The van der Waals surface area contributed by atoms with Crippen LogP contribution < -0.4 is 0 Å². The number of carbonyl (C=O) groups excluding carboxylic acids is 2. The van der Waals surface area contributed by atoms with Gasteiger partial charge in [0.25, 0.3) is 0 Å². The standard InChI is InChI=1S/C18H23NO4/c1-12(2)23-11-14(20)10-19-16(21)9-18(17(19)22)8-7-13-5-3-4-6-15(13)18/h3-6,12,14,20H,7-11H2,1-2H3/t14-,18-/m1/s1. The predicted molar refractivity (Wildman–Crippen MR) is 84.9 cm³/mol. The summed E-state index contributed by atoms with van der Waals surface area (Å²) in [6.07, 6.45) is 0.856. The average Bonchev–Trinajstić information content (AvgIpc) is 3.00. The van der Waals surface area contributed by atoms with Crippen molar-refractivity contribution in [2.24, 2.45) is 0 Å². The Morgan fingerprint density at radius 2 is 2.04 bits per heavy atom. The van der Waals surface area contributed by atoms with Crippen molar-refractivity contribution in [3.8, 4) is 0 Å². The molecule has 2 atom stereocenters. The number of carbonyl (C=O) groups is 2. The lowest BCUT2D eigenvalue weighted by atomic mass is 9.80. The summed E-state index contributed by atoms with van der Waals surface area (Å²) < 4.78 is 5.36. The van der Waals surface area contributed by atoms with Crippen LogP contribution in [0.5, 0.6) is 0 Å². The molecule has 1 aromatic rings. The van der Waals surface area contributed by atoms with E-state index in [1.807, 2.05) is 38.1 Å². The highest BCUT2D eigenvalue weighted by molar-refractivity contribution is 6.09. The number of hydrogen-bond acceptors (Lipinski definition) is 4. The maximum Gasteiger partial charge on any atom is 0.240 e. The van der Waals surface area contributed by atoms with Crippen molar-refractivity contribution in [3.05, 3.63) is 35.4 Å². The molecule has 0 radical (unpaired) electrons. The normalized spacial score (nSPS) is 24.8. The fourth-order valence-corrected chi connectivity index (χ4v) is 3.65. The molecule has 1 aliphatic heterocycles. The van der Waals surface area contributed by atoms with E-state index >= 15 is 0 Å². The van der Waals surface area contributed by atoms with Crippen LogP contribution in [0.4, 0.5) is 0 Å². The minimum absolute atomic E-state index is 0.00248. The second-order valence-corrected chi connectivity index (χ2v) is 6.76. The van der Waals surface area contributed by atoms with Crippen LogP contribution >= 0.6 is 0 Å². The zero-order valence-corrected chi connectivity index (χ0v) is 13.6. The van der Waals surface area contributed by atoms with Gasteiger partial charge >= 0.3 is 0 Å². The Hall–Kier alpha value is -1.72. The summed E-state index contributed by atoms with van der Waals surface area (Å²) in [6, 6.07) is 7.85. The van der Waals surface area contributed by atoms with Gasteiger partial charge < -0.3 is 9.84 Å². The molecule has 1 N–H and O–H groups in total.